The number of hydrogen-bond acceptors (Lipinski definition) is 2. The minimum Gasteiger partial charge on any atom is -0.364 e. The molecule has 1 saturated heterocycles. The second-order valence-corrected chi connectivity index (χ2v) is 5.50. The Hall–Kier alpha value is -1.02. The van der Waals surface area contributed by atoms with Crippen molar-refractivity contribution < 1.29 is 0 Å². The molecule has 1 fully saturated rings. The molecule has 1 aromatic rings. The van der Waals surface area contributed by atoms with Gasteiger partial charge in [-0.3, -0.25) is 0 Å². The highest BCUT2D eigenvalue weighted by atomic mass is 15.2. The second kappa shape index (κ2) is 4.34. The van der Waals surface area contributed by atoms with Crippen LogP contribution in [-0.4, -0.2) is 18.6 Å². The summed E-state index contributed by atoms with van der Waals surface area (Å²) in [6.07, 6.45) is 6.53. The van der Waals surface area contributed by atoms with E-state index in [-0.39, 0.29) is 0 Å². The highest BCUT2D eigenvalue weighted by molar-refractivity contribution is 5.62. The van der Waals surface area contributed by atoms with Gasteiger partial charge in [-0.2, -0.15) is 0 Å². The summed E-state index contributed by atoms with van der Waals surface area (Å²) in [7, 11) is 0. The van der Waals surface area contributed by atoms with Crippen molar-refractivity contribution in [2.45, 2.75) is 51.1 Å². The standard InChI is InChI=1S/C15H22N2/c1-11-4-2-5-12-8-9-13-6-3-7-14(10-16)17(13)15(11)12/h2,4-5,13-14H,3,6-10,16H2,1H3. The van der Waals surface area contributed by atoms with E-state index in [0.717, 1.165) is 12.6 Å². The first-order chi connectivity index (χ1) is 8.31. The van der Waals surface area contributed by atoms with Crippen LogP contribution in [0.25, 0.3) is 0 Å². The third kappa shape index (κ3) is 1.75. The molecule has 0 aromatic heterocycles. The normalized spacial score (nSPS) is 27.5. The van der Waals surface area contributed by atoms with E-state index < -0.39 is 0 Å². The molecule has 1 aromatic carbocycles. The van der Waals surface area contributed by atoms with Gasteiger partial charge in [-0.15, -0.1) is 0 Å². The quantitative estimate of drug-likeness (QED) is 0.803. The minimum absolute atomic E-state index is 0.564. The number of benzene rings is 1. The lowest BCUT2D eigenvalue weighted by molar-refractivity contribution is 0.358. The van der Waals surface area contributed by atoms with Crippen molar-refractivity contribution in [1.29, 1.82) is 0 Å². The first-order valence-corrected chi connectivity index (χ1v) is 6.88. The van der Waals surface area contributed by atoms with Crippen LogP contribution in [0.1, 0.15) is 36.8 Å². The van der Waals surface area contributed by atoms with Crippen molar-refractivity contribution in [2.24, 2.45) is 5.73 Å². The number of rotatable bonds is 1. The van der Waals surface area contributed by atoms with Gasteiger partial charge in [0.25, 0.3) is 0 Å². The number of anilines is 1. The highest BCUT2D eigenvalue weighted by Gasteiger charge is 2.34. The van der Waals surface area contributed by atoms with Crippen LogP contribution in [0, 0.1) is 6.92 Å². The molecule has 17 heavy (non-hydrogen) atoms. The summed E-state index contributed by atoms with van der Waals surface area (Å²) in [5.41, 5.74) is 10.4. The largest absolute Gasteiger partial charge is 0.364 e. The number of nitrogens with zero attached hydrogens (tertiary/aromatic N) is 1. The Morgan fingerprint density at radius 3 is 3.00 bits per heavy atom. The maximum absolute atomic E-state index is 5.98. The van der Waals surface area contributed by atoms with E-state index in [1.54, 1.807) is 0 Å². The maximum atomic E-state index is 5.98. The molecule has 2 aliphatic rings. The molecule has 2 nitrogen and oxygen atoms in total. The van der Waals surface area contributed by atoms with Gasteiger partial charge < -0.3 is 10.6 Å². The van der Waals surface area contributed by atoms with Crippen molar-refractivity contribution in [3.63, 3.8) is 0 Å². The molecule has 0 saturated carbocycles. The van der Waals surface area contributed by atoms with Gasteiger partial charge in [-0.1, -0.05) is 18.2 Å². The Labute approximate surface area is 104 Å². The molecule has 0 aliphatic carbocycles. The van der Waals surface area contributed by atoms with E-state index in [1.807, 2.05) is 0 Å². The number of para-hydroxylation sites is 1. The van der Waals surface area contributed by atoms with Crippen molar-refractivity contribution in [3.05, 3.63) is 29.3 Å². The van der Waals surface area contributed by atoms with Crippen LogP contribution < -0.4 is 10.6 Å². The van der Waals surface area contributed by atoms with Gasteiger partial charge in [0.1, 0.15) is 0 Å². The van der Waals surface area contributed by atoms with E-state index in [9.17, 15) is 0 Å². The molecular formula is C15H22N2. The average Bonchev–Trinajstić information content (AvgIpc) is 2.38. The van der Waals surface area contributed by atoms with Crippen molar-refractivity contribution in [2.75, 3.05) is 11.4 Å². The van der Waals surface area contributed by atoms with Gasteiger partial charge in [0.05, 0.1) is 0 Å². The minimum atomic E-state index is 0.564. The van der Waals surface area contributed by atoms with Gasteiger partial charge in [0, 0.05) is 24.3 Å². The van der Waals surface area contributed by atoms with Crippen LogP contribution in [0.2, 0.25) is 0 Å². The summed E-state index contributed by atoms with van der Waals surface area (Å²) in [5.74, 6) is 0. The van der Waals surface area contributed by atoms with Crippen LogP contribution in [0.15, 0.2) is 18.2 Å². The van der Waals surface area contributed by atoms with Crippen molar-refractivity contribution >= 4 is 5.69 Å². The SMILES string of the molecule is Cc1cccc2c1N1C(CN)CCCC1CC2. The monoisotopic (exact) mass is 230 g/mol. The summed E-state index contributed by atoms with van der Waals surface area (Å²) in [5, 5.41) is 0. The molecule has 2 atom stereocenters. The van der Waals surface area contributed by atoms with E-state index in [2.05, 4.69) is 30.0 Å². The average molecular weight is 230 g/mol. The third-order valence-corrected chi connectivity index (χ3v) is 4.46. The number of aryl methyl sites for hydroxylation is 2. The predicted octanol–water partition coefficient (Wildman–Crippen LogP) is 2.63. The van der Waals surface area contributed by atoms with Gasteiger partial charge >= 0.3 is 0 Å². The molecule has 2 heteroatoms. The summed E-state index contributed by atoms with van der Waals surface area (Å²) >= 11 is 0. The van der Waals surface area contributed by atoms with E-state index in [0.29, 0.717) is 6.04 Å². The smallest absolute Gasteiger partial charge is 0.0433 e. The van der Waals surface area contributed by atoms with E-state index >= 15 is 0 Å². The fourth-order valence-corrected chi connectivity index (χ4v) is 3.66. The summed E-state index contributed by atoms with van der Waals surface area (Å²) in [6, 6.07) is 8.03. The second-order valence-electron chi connectivity index (χ2n) is 5.50. The fourth-order valence-electron chi connectivity index (χ4n) is 3.66. The molecule has 0 radical (unpaired) electrons. The van der Waals surface area contributed by atoms with Gasteiger partial charge in [0.2, 0.25) is 0 Å². The summed E-state index contributed by atoms with van der Waals surface area (Å²) in [4.78, 5) is 2.65. The lowest BCUT2D eigenvalue weighted by Crippen LogP contribution is -2.52. The molecule has 92 valence electrons. The Bertz CT molecular complexity index is 413. The lowest BCUT2D eigenvalue weighted by atomic mass is 9.85. The number of nitrogens with two attached hydrogens (primary N) is 1. The first-order valence-electron chi connectivity index (χ1n) is 6.88. The molecule has 3 rings (SSSR count). The number of hydrogen-bond donors (Lipinski definition) is 1. The van der Waals surface area contributed by atoms with Gasteiger partial charge in [0.15, 0.2) is 0 Å². The van der Waals surface area contributed by atoms with Crippen LogP contribution in [-0.2, 0) is 6.42 Å². The number of fused-ring (bicyclic) bond motifs is 3. The Kier molecular flexibility index (Phi) is 2.83. The molecule has 0 amide bonds. The third-order valence-electron chi connectivity index (χ3n) is 4.46. The fraction of sp³-hybridized carbons (Fsp3) is 0.600. The molecule has 2 heterocycles. The van der Waals surface area contributed by atoms with Crippen molar-refractivity contribution in [1.82, 2.24) is 0 Å². The van der Waals surface area contributed by atoms with Crippen LogP contribution >= 0.6 is 0 Å². The molecule has 2 N–H and O–H groups in total. The number of piperidine rings is 1. The molecule has 0 bridgehead atoms. The Balaban J connectivity index is 2.06. The molecule has 0 spiro atoms. The van der Waals surface area contributed by atoms with E-state index in [1.165, 1.54) is 48.9 Å². The predicted molar refractivity (Wildman–Crippen MR) is 72.5 cm³/mol. The zero-order valence-electron chi connectivity index (χ0n) is 10.7. The summed E-state index contributed by atoms with van der Waals surface area (Å²) in [6.45, 7) is 3.04. The topological polar surface area (TPSA) is 29.3 Å². The highest BCUT2D eigenvalue weighted by Crippen LogP contribution is 2.39. The first kappa shape index (κ1) is 11.1. The van der Waals surface area contributed by atoms with Crippen LogP contribution in [0.4, 0.5) is 5.69 Å². The maximum Gasteiger partial charge on any atom is 0.0433 e. The Morgan fingerprint density at radius 1 is 1.29 bits per heavy atom. The van der Waals surface area contributed by atoms with Crippen LogP contribution in [0.3, 0.4) is 0 Å². The van der Waals surface area contributed by atoms with Gasteiger partial charge in [-0.25, -0.2) is 0 Å². The lowest BCUT2D eigenvalue weighted by Gasteiger charge is -2.48. The zero-order valence-corrected chi connectivity index (χ0v) is 10.7. The van der Waals surface area contributed by atoms with Gasteiger partial charge in [-0.05, 0) is 50.2 Å². The molecule has 2 aliphatic heterocycles. The molecular weight excluding hydrogens is 208 g/mol. The molecule has 2 unspecified atom stereocenters. The van der Waals surface area contributed by atoms with E-state index in [4.69, 9.17) is 5.73 Å². The Morgan fingerprint density at radius 2 is 2.18 bits per heavy atom. The van der Waals surface area contributed by atoms with Crippen molar-refractivity contribution in [3.8, 4) is 0 Å². The van der Waals surface area contributed by atoms with Crippen LogP contribution in [0.5, 0.6) is 0 Å². The summed E-state index contributed by atoms with van der Waals surface area (Å²) < 4.78 is 0. The zero-order chi connectivity index (χ0) is 11.8.